The number of urea groups is 1. The summed E-state index contributed by atoms with van der Waals surface area (Å²) >= 11 is 0. The van der Waals surface area contributed by atoms with Gasteiger partial charge in [-0.15, -0.1) is 0 Å². The van der Waals surface area contributed by atoms with Crippen molar-refractivity contribution in [1.29, 1.82) is 0 Å². The molecule has 1 fully saturated rings. The van der Waals surface area contributed by atoms with Gasteiger partial charge < -0.3 is 15.0 Å². The highest BCUT2D eigenvalue weighted by Crippen LogP contribution is 2.34. The van der Waals surface area contributed by atoms with Gasteiger partial charge >= 0.3 is 6.03 Å². The lowest BCUT2D eigenvalue weighted by atomic mass is 10.1. The quantitative estimate of drug-likeness (QED) is 0.540. The van der Waals surface area contributed by atoms with Gasteiger partial charge in [-0.3, -0.25) is 9.69 Å². The van der Waals surface area contributed by atoms with Crippen molar-refractivity contribution in [1.82, 2.24) is 4.90 Å². The monoisotopic (exact) mass is 469 g/mol. The molecule has 4 rings (SSSR count). The van der Waals surface area contributed by atoms with E-state index in [0.717, 1.165) is 12.1 Å². The van der Waals surface area contributed by atoms with Crippen molar-refractivity contribution in [3.05, 3.63) is 89.2 Å². The third-order valence-electron chi connectivity index (χ3n) is 5.55. The van der Waals surface area contributed by atoms with Crippen molar-refractivity contribution in [2.45, 2.75) is 13.0 Å². The Morgan fingerprint density at radius 1 is 0.971 bits per heavy atom. The second-order valence-corrected chi connectivity index (χ2v) is 7.74. The molecule has 34 heavy (non-hydrogen) atoms. The summed E-state index contributed by atoms with van der Waals surface area (Å²) in [5.74, 6) is -2.95. The van der Waals surface area contributed by atoms with Gasteiger partial charge in [-0.2, -0.15) is 0 Å². The SMILES string of the molecule is COc1ccc(NC(=O)c2c(F)cccc2F)cc1N1CCCN(Cc2ccccc2F)C1=O. The Labute approximate surface area is 194 Å². The van der Waals surface area contributed by atoms with Crippen molar-refractivity contribution in [3.63, 3.8) is 0 Å². The van der Waals surface area contributed by atoms with Crippen LogP contribution in [0.15, 0.2) is 60.7 Å². The van der Waals surface area contributed by atoms with Crippen molar-refractivity contribution >= 4 is 23.3 Å². The molecule has 1 N–H and O–H groups in total. The van der Waals surface area contributed by atoms with Crippen molar-refractivity contribution in [2.24, 2.45) is 0 Å². The van der Waals surface area contributed by atoms with E-state index in [-0.39, 0.29) is 18.3 Å². The van der Waals surface area contributed by atoms with E-state index in [9.17, 15) is 22.8 Å². The van der Waals surface area contributed by atoms with Crippen LogP contribution in [-0.2, 0) is 6.54 Å². The van der Waals surface area contributed by atoms with Gasteiger partial charge in [0.25, 0.3) is 5.91 Å². The highest BCUT2D eigenvalue weighted by molar-refractivity contribution is 6.05. The second kappa shape index (κ2) is 9.86. The molecule has 1 aliphatic rings. The number of methoxy groups -OCH3 is 1. The van der Waals surface area contributed by atoms with Gasteiger partial charge in [0.05, 0.1) is 19.3 Å². The van der Waals surface area contributed by atoms with E-state index in [1.165, 1.54) is 41.2 Å². The molecule has 0 unspecified atom stereocenters. The minimum atomic E-state index is -0.985. The summed E-state index contributed by atoms with van der Waals surface area (Å²) in [6.45, 7) is 0.935. The summed E-state index contributed by atoms with van der Waals surface area (Å²) in [5, 5.41) is 2.47. The molecule has 0 aromatic heterocycles. The van der Waals surface area contributed by atoms with Gasteiger partial charge in [-0.05, 0) is 42.8 Å². The molecular weight excluding hydrogens is 447 g/mol. The molecule has 0 saturated carbocycles. The number of halogens is 3. The van der Waals surface area contributed by atoms with Crippen LogP contribution in [0.1, 0.15) is 22.3 Å². The molecule has 1 aliphatic heterocycles. The predicted molar refractivity (Wildman–Crippen MR) is 121 cm³/mol. The number of hydrogen-bond donors (Lipinski definition) is 1. The lowest BCUT2D eigenvalue weighted by Crippen LogP contribution is -2.49. The molecule has 176 valence electrons. The molecule has 3 amide bonds. The van der Waals surface area contributed by atoms with Gasteiger partial charge in [-0.25, -0.2) is 18.0 Å². The predicted octanol–water partition coefficient (Wildman–Crippen LogP) is 5.20. The summed E-state index contributed by atoms with van der Waals surface area (Å²) in [6.07, 6.45) is 0.625. The summed E-state index contributed by atoms with van der Waals surface area (Å²) in [4.78, 5) is 28.7. The molecule has 3 aromatic rings. The Bertz CT molecular complexity index is 1210. The Balaban J connectivity index is 1.59. The van der Waals surface area contributed by atoms with Crippen LogP contribution in [0.3, 0.4) is 0 Å². The van der Waals surface area contributed by atoms with E-state index in [4.69, 9.17) is 4.74 Å². The first-order chi connectivity index (χ1) is 16.4. The molecule has 0 spiro atoms. The first-order valence-corrected chi connectivity index (χ1v) is 10.6. The number of anilines is 2. The molecule has 1 saturated heterocycles. The fourth-order valence-corrected chi connectivity index (χ4v) is 3.87. The average molecular weight is 469 g/mol. The van der Waals surface area contributed by atoms with E-state index >= 15 is 0 Å². The molecular formula is C25H22F3N3O3. The zero-order chi connectivity index (χ0) is 24.2. The van der Waals surface area contributed by atoms with Crippen LogP contribution >= 0.6 is 0 Å². The lowest BCUT2D eigenvalue weighted by Gasteiger charge is -2.36. The van der Waals surface area contributed by atoms with Crippen molar-refractivity contribution in [2.75, 3.05) is 30.4 Å². The Morgan fingerprint density at radius 3 is 2.38 bits per heavy atom. The molecule has 3 aromatic carbocycles. The van der Waals surface area contributed by atoms with E-state index in [0.29, 0.717) is 36.5 Å². The minimum absolute atomic E-state index is 0.104. The summed E-state index contributed by atoms with van der Waals surface area (Å²) in [6, 6.07) is 13.6. The van der Waals surface area contributed by atoms with E-state index in [1.807, 2.05) is 0 Å². The number of ether oxygens (including phenoxy) is 1. The number of carbonyl (C=O) groups is 2. The van der Waals surface area contributed by atoms with Gasteiger partial charge in [-0.1, -0.05) is 24.3 Å². The van der Waals surface area contributed by atoms with Crippen LogP contribution in [0.2, 0.25) is 0 Å². The van der Waals surface area contributed by atoms with Crippen LogP contribution < -0.4 is 15.0 Å². The molecule has 1 heterocycles. The molecule has 0 aliphatic carbocycles. The highest BCUT2D eigenvalue weighted by atomic mass is 19.1. The van der Waals surface area contributed by atoms with Gasteiger partial charge in [0.2, 0.25) is 0 Å². The Morgan fingerprint density at radius 2 is 1.68 bits per heavy atom. The van der Waals surface area contributed by atoms with Crippen molar-refractivity contribution < 1.29 is 27.5 Å². The zero-order valence-corrected chi connectivity index (χ0v) is 18.4. The van der Waals surface area contributed by atoms with Gasteiger partial charge in [0.15, 0.2) is 0 Å². The number of benzene rings is 3. The maximum Gasteiger partial charge on any atom is 0.324 e. The average Bonchev–Trinajstić information content (AvgIpc) is 2.81. The third kappa shape index (κ3) is 4.68. The van der Waals surface area contributed by atoms with Crippen LogP contribution in [0.5, 0.6) is 5.75 Å². The minimum Gasteiger partial charge on any atom is -0.495 e. The smallest absolute Gasteiger partial charge is 0.324 e. The van der Waals surface area contributed by atoms with Crippen LogP contribution in [-0.4, -0.2) is 37.0 Å². The van der Waals surface area contributed by atoms with E-state index in [2.05, 4.69) is 5.32 Å². The maximum atomic E-state index is 14.1. The lowest BCUT2D eigenvalue weighted by molar-refractivity contribution is 0.101. The molecule has 0 atom stereocenters. The normalized spacial score (nSPS) is 13.7. The van der Waals surface area contributed by atoms with Crippen molar-refractivity contribution in [3.8, 4) is 5.75 Å². The van der Waals surface area contributed by atoms with E-state index < -0.39 is 28.9 Å². The largest absolute Gasteiger partial charge is 0.495 e. The standard InChI is InChI=1S/C25H22F3N3O3/c1-34-22-11-10-17(29-24(32)23-19(27)8-4-9-20(23)28)14-21(22)31-13-5-12-30(25(31)33)15-16-6-2-3-7-18(16)26/h2-4,6-11,14H,5,12-13,15H2,1H3,(H,29,32). The highest BCUT2D eigenvalue weighted by Gasteiger charge is 2.29. The van der Waals surface area contributed by atoms with Gasteiger partial charge in [0.1, 0.15) is 28.8 Å². The molecule has 9 heteroatoms. The number of nitrogens with zero attached hydrogens (tertiary/aromatic N) is 2. The summed E-state index contributed by atoms with van der Waals surface area (Å²) in [5.41, 5.74) is 0.294. The first-order valence-electron chi connectivity index (χ1n) is 10.6. The molecule has 6 nitrogen and oxygen atoms in total. The second-order valence-electron chi connectivity index (χ2n) is 7.74. The van der Waals surface area contributed by atoms with Gasteiger partial charge in [0, 0.05) is 24.3 Å². The number of hydrogen-bond acceptors (Lipinski definition) is 3. The first kappa shape index (κ1) is 23.2. The number of rotatable bonds is 6. The van der Waals surface area contributed by atoms with Crippen LogP contribution in [0.25, 0.3) is 0 Å². The maximum absolute atomic E-state index is 14.1. The topological polar surface area (TPSA) is 61.9 Å². The summed E-state index contributed by atoms with van der Waals surface area (Å²) < 4.78 is 47.5. The number of nitrogens with one attached hydrogen (secondary N) is 1. The Kier molecular flexibility index (Phi) is 6.72. The third-order valence-corrected chi connectivity index (χ3v) is 5.55. The molecule has 0 bridgehead atoms. The Hall–Kier alpha value is -4.01. The fourth-order valence-electron chi connectivity index (χ4n) is 3.87. The molecule has 0 radical (unpaired) electrons. The van der Waals surface area contributed by atoms with Crippen LogP contribution in [0.4, 0.5) is 29.3 Å². The van der Waals surface area contributed by atoms with E-state index in [1.54, 1.807) is 24.3 Å². The fraction of sp³-hybridized carbons (Fsp3) is 0.200. The number of carbonyl (C=O) groups excluding carboxylic acids is 2. The van der Waals surface area contributed by atoms with Crippen LogP contribution in [0, 0.1) is 17.5 Å². The zero-order valence-electron chi connectivity index (χ0n) is 18.4. The number of amides is 3. The summed E-state index contributed by atoms with van der Waals surface area (Å²) in [7, 11) is 1.44.